The number of aromatic nitrogens is 1. The average Bonchev–Trinajstić information content (AvgIpc) is 3.31. The number of guanidine groups is 1. The number of esters is 1. The smallest absolute Gasteiger partial charge is 0.350 e. The molecular weight excluding hydrogens is 396 g/mol. The summed E-state index contributed by atoms with van der Waals surface area (Å²) in [4.78, 5) is 21.7. The maximum absolute atomic E-state index is 12.0. The Morgan fingerprint density at radius 1 is 1.50 bits per heavy atom. The van der Waals surface area contributed by atoms with Crippen LogP contribution in [0.4, 0.5) is 0 Å². The van der Waals surface area contributed by atoms with Gasteiger partial charge in [-0.1, -0.05) is 0 Å². The van der Waals surface area contributed by atoms with Gasteiger partial charge in [0.25, 0.3) is 0 Å². The van der Waals surface area contributed by atoms with E-state index in [1.807, 2.05) is 26.0 Å². The molecule has 0 amide bonds. The molecule has 0 aliphatic rings. The molecule has 2 aromatic rings. The molecule has 1 atom stereocenters. The van der Waals surface area contributed by atoms with E-state index in [1.54, 1.807) is 24.9 Å². The zero-order valence-electron chi connectivity index (χ0n) is 16.8. The van der Waals surface area contributed by atoms with E-state index in [1.165, 1.54) is 11.3 Å². The summed E-state index contributed by atoms with van der Waals surface area (Å²) in [7, 11) is 0. The number of aliphatic imine (C=N–C) groups is 1. The molecule has 0 aromatic carbocycles. The second-order valence-corrected chi connectivity index (χ2v) is 8.05. The van der Waals surface area contributed by atoms with E-state index in [9.17, 15) is 4.79 Å². The fraction of sp³-hybridized carbons (Fsp3) is 0.526. The van der Waals surface area contributed by atoms with Crippen molar-refractivity contribution in [3.05, 3.63) is 39.7 Å². The highest BCUT2D eigenvalue weighted by Gasteiger charge is 2.20. The predicted molar refractivity (Wildman–Crippen MR) is 115 cm³/mol. The van der Waals surface area contributed by atoms with E-state index < -0.39 is 0 Å². The minimum Gasteiger partial charge on any atom is -0.469 e. The number of hydrogen-bond acceptors (Lipinski definition) is 7. The van der Waals surface area contributed by atoms with Crippen LogP contribution in [-0.2, 0) is 11.2 Å². The van der Waals surface area contributed by atoms with Crippen LogP contribution in [0.5, 0.6) is 0 Å². The molecule has 2 aromatic heterocycles. The van der Waals surface area contributed by atoms with E-state index in [2.05, 4.69) is 26.9 Å². The number of hydrogen-bond donors (Lipinski definition) is 2. The zero-order chi connectivity index (χ0) is 20.4. The normalized spacial score (nSPS) is 12.6. The first-order chi connectivity index (χ1) is 13.5. The average molecular weight is 425 g/mol. The van der Waals surface area contributed by atoms with E-state index >= 15 is 0 Å². The summed E-state index contributed by atoms with van der Waals surface area (Å²) in [5.74, 6) is 2.28. The second kappa shape index (κ2) is 11.8. The molecule has 0 fully saturated rings. The van der Waals surface area contributed by atoms with Crippen LogP contribution in [0.1, 0.15) is 46.0 Å². The standard InChI is InChI=1S/C19H28N4O3S2/c1-5-25-18(24)16-13(2)22-17(28-16)14(3)23-19(21-10-12-27-4)20-9-8-15-7-6-11-26-15/h6-7,11,14H,5,8-10,12H2,1-4H3,(H2,20,21,23). The summed E-state index contributed by atoms with van der Waals surface area (Å²) in [6.45, 7) is 7.40. The molecule has 0 saturated heterocycles. The second-order valence-electron chi connectivity index (χ2n) is 6.03. The summed E-state index contributed by atoms with van der Waals surface area (Å²) in [6.07, 6.45) is 4.51. The molecule has 0 saturated carbocycles. The number of aryl methyl sites for hydroxylation is 1. The summed E-state index contributed by atoms with van der Waals surface area (Å²) in [5.41, 5.74) is 0.693. The quantitative estimate of drug-likeness (QED) is 0.261. The van der Waals surface area contributed by atoms with Gasteiger partial charge in [-0.3, -0.25) is 4.99 Å². The van der Waals surface area contributed by atoms with Gasteiger partial charge >= 0.3 is 5.97 Å². The van der Waals surface area contributed by atoms with Crippen molar-refractivity contribution in [2.45, 2.75) is 33.2 Å². The Hall–Kier alpha value is -2.00. The number of carbonyl (C=O) groups is 1. The first-order valence-electron chi connectivity index (χ1n) is 9.25. The Morgan fingerprint density at radius 3 is 3.00 bits per heavy atom. The van der Waals surface area contributed by atoms with Gasteiger partial charge in [-0.15, -0.1) is 11.3 Å². The summed E-state index contributed by atoms with van der Waals surface area (Å²) < 4.78 is 10.5. The third kappa shape index (κ3) is 6.87. The van der Waals surface area contributed by atoms with Gasteiger partial charge in [0.05, 0.1) is 31.2 Å². The topological polar surface area (TPSA) is 88.8 Å². The molecule has 0 aliphatic heterocycles. The number of nitrogens with one attached hydrogen (secondary N) is 2. The van der Waals surface area contributed by atoms with Crippen LogP contribution in [0.25, 0.3) is 0 Å². The van der Waals surface area contributed by atoms with Crippen molar-refractivity contribution in [2.24, 2.45) is 4.99 Å². The lowest BCUT2D eigenvalue weighted by Gasteiger charge is -2.16. The van der Waals surface area contributed by atoms with Gasteiger partial charge in [-0.25, -0.2) is 9.78 Å². The number of carbonyl (C=O) groups excluding carboxylic acids is 1. The molecule has 0 radical (unpaired) electrons. The molecule has 2 heterocycles. The van der Waals surface area contributed by atoms with E-state index in [0.717, 1.165) is 35.4 Å². The van der Waals surface area contributed by atoms with Crippen LogP contribution < -0.4 is 10.6 Å². The molecule has 2 N–H and O–H groups in total. The van der Waals surface area contributed by atoms with Crippen molar-refractivity contribution in [1.29, 1.82) is 0 Å². The molecule has 2 rings (SSSR count). The van der Waals surface area contributed by atoms with E-state index in [0.29, 0.717) is 23.7 Å². The van der Waals surface area contributed by atoms with Crippen molar-refractivity contribution >= 4 is 35.0 Å². The van der Waals surface area contributed by atoms with Crippen molar-refractivity contribution in [1.82, 2.24) is 15.6 Å². The number of thiazole rings is 1. The number of thioether (sulfide) groups is 1. The van der Waals surface area contributed by atoms with Crippen LogP contribution in [0.2, 0.25) is 0 Å². The highest BCUT2D eigenvalue weighted by Crippen LogP contribution is 2.24. The summed E-state index contributed by atoms with van der Waals surface area (Å²) in [6, 6.07) is 3.75. The number of furan rings is 1. The van der Waals surface area contributed by atoms with Gasteiger partial charge in [0.1, 0.15) is 15.6 Å². The Morgan fingerprint density at radius 2 is 2.32 bits per heavy atom. The molecule has 28 heavy (non-hydrogen) atoms. The van der Waals surface area contributed by atoms with Crippen LogP contribution in [-0.4, -0.2) is 48.6 Å². The van der Waals surface area contributed by atoms with Crippen LogP contribution in [0.3, 0.4) is 0 Å². The van der Waals surface area contributed by atoms with E-state index in [-0.39, 0.29) is 12.0 Å². The minimum atomic E-state index is -0.318. The monoisotopic (exact) mass is 424 g/mol. The predicted octanol–water partition coefficient (Wildman–Crippen LogP) is 3.42. The van der Waals surface area contributed by atoms with Gasteiger partial charge in [-0.2, -0.15) is 11.8 Å². The first-order valence-corrected chi connectivity index (χ1v) is 11.5. The molecule has 7 nitrogen and oxygen atoms in total. The van der Waals surface area contributed by atoms with Crippen molar-refractivity contribution < 1.29 is 13.9 Å². The summed E-state index contributed by atoms with van der Waals surface area (Å²) in [5, 5.41) is 7.54. The number of rotatable bonds is 10. The number of ether oxygens (including phenoxy) is 1. The van der Waals surface area contributed by atoms with Crippen molar-refractivity contribution in [2.75, 3.05) is 31.7 Å². The molecule has 0 bridgehead atoms. The lowest BCUT2D eigenvalue weighted by molar-refractivity contribution is 0.0531. The molecular formula is C19H28N4O3S2. The maximum Gasteiger partial charge on any atom is 0.350 e. The van der Waals surface area contributed by atoms with Gasteiger partial charge in [0.2, 0.25) is 0 Å². The zero-order valence-corrected chi connectivity index (χ0v) is 18.4. The van der Waals surface area contributed by atoms with Crippen LogP contribution in [0, 0.1) is 6.92 Å². The number of nitrogens with zero attached hydrogens (tertiary/aromatic N) is 2. The lowest BCUT2D eigenvalue weighted by Crippen LogP contribution is -2.40. The molecule has 154 valence electrons. The Labute approximate surface area is 174 Å². The highest BCUT2D eigenvalue weighted by atomic mass is 32.2. The largest absolute Gasteiger partial charge is 0.469 e. The highest BCUT2D eigenvalue weighted by molar-refractivity contribution is 7.98. The Balaban J connectivity index is 2.00. The van der Waals surface area contributed by atoms with Gasteiger partial charge in [0.15, 0.2) is 5.96 Å². The fourth-order valence-electron chi connectivity index (χ4n) is 2.42. The first kappa shape index (κ1) is 22.3. The van der Waals surface area contributed by atoms with Gasteiger partial charge < -0.3 is 19.8 Å². The lowest BCUT2D eigenvalue weighted by atomic mass is 10.3. The minimum absolute atomic E-state index is 0.0870. The van der Waals surface area contributed by atoms with Crippen LogP contribution in [0.15, 0.2) is 27.8 Å². The summed E-state index contributed by atoms with van der Waals surface area (Å²) >= 11 is 3.11. The van der Waals surface area contributed by atoms with E-state index in [4.69, 9.17) is 9.15 Å². The molecule has 1 unspecified atom stereocenters. The third-order valence-corrected chi connectivity index (χ3v) is 5.72. The van der Waals surface area contributed by atoms with Crippen molar-refractivity contribution in [3.63, 3.8) is 0 Å². The van der Waals surface area contributed by atoms with Gasteiger partial charge in [0, 0.05) is 18.7 Å². The Bertz CT molecular complexity index is 759. The van der Waals surface area contributed by atoms with Crippen LogP contribution >= 0.6 is 23.1 Å². The maximum atomic E-state index is 12.0. The molecule has 0 spiro atoms. The third-order valence-electron chi connectivity index (χ3n) is 3.81. The van der Waals surface area contributed by atoms with Crippen molar-refractivity contribution in [3.8, 4) is 0 Å². The Kier molecular flexibility index (Phi) is 9.36. The van der Waals surface area contributed by atoms with Gasteiger partial charge in [-0.05, 0) is 39.2 Å². The fourth-order valence-corrected chi connectivity index (χ4v) is 3.65. The molecule has 9 heteroatoms. The SMILES string of the molecule is CCOC(=O)c1sc(C(C)NC(=NCCSC)NCCc2ccco2)nc1C. The molecule has 0 aliphatic carbocycles.